The van der Waals surface area contributed by atoms with Gasteiger partial charge < -0.3 is 9.88 Å². The number of rotatable bonds is 1. The first-order chi connectivity index (χ1) is 7.78. The van der Waals surface area contributed by atoms with Crippen LogP contribution in [0.15, 0.2) is 12.3 Å². The molecule has 2 bridgehead atoms. The quantitative estimate of drug-likeness (QED) is 0.436. The maximum atomic E-state index is 5.36. The fourth-order valence-electron chi connectivity index (χ4n) is 2.63. The van der Waals surface area contributed by atoms with E-state index < -0.39 is 0 Å². The summed E-state index contributed by atoms with van der Waals surface area (Å²) >= 11 is 0. The second-order valence-electron chi connectivity index (χ2n) is 4.39. The van der Waals surface area contributed by atoms with Crippen LogP contribution in [0.3, 0.4) is 0 Å². The molecule has 2 saturated heterocycles. The fraction of sp³-hybridized carbons (Fsp3) is 0.417. The van der Waals surface area contributed by atoms with Crippen LogP contribution in [0.2, 0.25) is 0 Å². The van der Waals surface area contributed by atoms with Crippen molar-refractivity contribution in [3.63, 3.8) is 0 Å². The van der Waals surface area contributed by atoms with Crippen molar-refractivity contribution in [3.05, 3.63) is 24.0 Å². The van der Waals surface area contributed by atoms with Gasteiger partial charge in [0, 0.05) is 57.9 Å². The average molecular weight is 319 g/mol. The molecule has 2 fully saturated rings. The van der Waals surface area contributed by atoms with Crippen molar-refractivity contribution in [2.45, 2.75) is 18.5 Å². The van der Waals surface area contributed by atoms with Crippen LogP contribution in [-0.2, 0) is 32.7 Å². The summed E-state index contributed by atoms with van der Waals surface area (Å²) in [5.74, 6) is 2.58. The molecule has 0 spiro atoms. The normalized spacial score (nSPS) is 26.7. The number of pyridine rings is 1. The van der Waals surface area contributed by atoms with Gasteiger partial charge in [-0.15, -0.1) is 6.07 Å². The van der Waals surface area contributed by atoms with Crippen molar-refractivity contribution in [1.82, 2.24) is 9.65 Å². The van der Waals surface area contributed by atoms with E-state index in [0.29, 0.717) is 12.1 Å². The van der Waals surface area contributed by atoms with Gasteiger partial charge in [-0.05, 0) is 24.5 Å². The Labute approximate surface area is 129 Å². The fourth-order valence-corrected chi connectivity index (χ4v) is 3.09. The van der Waals surface area contributed by atoms with Gasteiger partial charge in [-0.3, -0.25) is 4.67 Å². The molecule has 3 nitrogen and oxygen atoms in total. The Morgan fingerprint density at radius 1 is 1.47 bits per heavy atom. The minimum atomic E-state index is 0. The van der Waals surface area contributed by atoms with Crippen molar-refractivity contribution in [2.24, 2.45) is 0 Å². The van der Waals surface area contributed by atoms with Crippen LogP contribution in [0.25, 0.3) is 0 Å². The predicted octanol–water partition coefficient (Wildman–Crippen LogP) is 0.914. The SMILES string of the molecule is C#Cc1[c-]ncc(N2CC3CC2CN3P)c1.[Y]. The molecule has 0 aliphatic carbocycles. The number of anilines is 1. The number of aromatic nitrogens is 1. The first kappa shape index (κ1) is 13.4. The van der Waals surface area contributed by atoms with Crippen molar-refractivity contribution >= 4 is 15.1 Å². The zero-order chi connectivity index (χ0) is 11.1. The van der Waals surface area contributed by atoms with E-state index in [4.69, 9.17) is 6.42 Å². The molecule has 2 aliphatic heterocycles. The number of hydrogen-bond donors (Lipinski definition) is 0. The van der Waals surface area contributed by atoms with Crippen molar-refractivity contribution < 1.29 is 32.7 Å². The van der Waals surface area contributed by atoms with E-state index in [-0.39, 0.29) is 32.7 Å². The molecule has 3 atom stereocenters. The Hall–Kier alpha value is 0.00390. The van der Waals surface area contributed by atoms with E-state index in [1.165, 1.54) is 6.42 Å². The van der Waals surface area contributed by atoms with E-state index in [1.54, 1.807) is 0 Å². The summed E-state index contributed by atoms with van der Waals surface area (Å²) in [4.78, 5) is 6.48. The van der Waals surface area contributed by atoms with Crippen LogP contribution in [-0.4, -0.2) is 34.8 Å². The Morgan fingerprint density at radius 2 is 2.29 bits per heavy atom. The molecule has 0 saturated carbocycles. The van der Waals surface area contributed by atoms with Crippen LogP contribution >= 0.6 is 9.39 Å². The summed E-state index contributed by atoms with van der Waals surface area (Å²) in [6.45, 7) is 2.18. The molecule has 0 amide bonds. The Kier molecular flexibility index (Phi) is 4.21. The van der Waals surface area contributed by atoms with Gasteiger partial charge in [-0.2, -0.15) is 12.3 Å². The van der Waals surface area contributed by atoms with E-state index >= 15 is 0 Å². The van der Waals surface area contributed by atoms with Gasteiger partial charge in [0.05, 0.1) is 0 Å². The van der Waals surface area contributed by atoms with E-state index in [0.717, 1.165) is 24.3 Å². The summed E-state index contributed by atoms with van der Waals surface area (Å²) in [6, 6.07) is 3.27. The Morgan fingerprint density at radius 3 is 2.88 bits per heavy atom. The van der Waals surface area contributed by atoms with Crippen molar-refractivity contribution in [3.8, 4) is 12.3 Å². The van der Waals surface area contributed by atoms with Gasteiger partial charge in [0.1, 0.15) is 0 Å². The molecule has 1 radical (unpaired) electrons. The third-order valence-electron chi connectivity index (χ3n) is 3.44. The zero-order valence-electron chi connectivity index (χ0n) is 9.50. The average Bonchev–Trinajstić information content (AvgIpc) is 2.88. The number of hydrogen-bond acceptors (Lipinski definition) is 3. The molecular formula is C12H13N3PY-. The largest absolute Gasteiger partial charge is 0.380 e. The van der Waals surface area contributed by atoms with Crippen LogP contribution in [0.1, 0.15) is 12.0 Å². The number of nitrogens with zero attached hydrogens (tertiary/aromatic N) is 3. The summed E-state index contributed by atoms with van der Waals surface area (Å²) in [5, 5.41) is 0. The molecule has 3 unspecified atom stereocenters. The van der Waals surface area contributed by atoms with E-state index in [9.17, 15) is 0 Å². The summed E-state index contributed by atoms with van der Waals surface area (Å²) in [5.41, 5.74) is 1.88. The Balaban J connectivity index is 0.00000108. The zero-order valence-corrected chi connectivity index (χ0v) is 13.5. The smallest absolute Gasteiger partial charge is 0.0421 e. The van der Waals surface area contributed by atoms with Crippen molar-refractivity contribution in [2.75, 3.05) is 18.0 Å². The molecule has 2 aliphatic rings. The van der Waals surface area contributed by atoms with Crippen LogP contribution in [0.4, 0.5) is 5.69 Å². The molecule has 1 aromatic rings. The maximum absolute atomic E-state index is 5.36. The summed E-state index contributed by atoms with van der Waals surface area (Å²) in [6.07, 6.45) is 11.3. The van der Waals surface area contributed by atoms with Gasteiger partial charge in [-0.25, -0.2) is 0 Å². The second kappa shape index (κ2) is 5.33. The molecule has 3 rings (SSSR count). The van der Waals surface area contributed by atoms with E-state index in [2.05, 4.69) is 36.1 Å². The first-order valence-electron chi connectivity index (χ1n) is 5.40. The number of fused-ring (bicyclic) bond motifs is 2. The maximum Gasteiger partial charge on any atom is 0.0421 e. The van der Waals surface area contributed by atoms with E-state index in [1.807, 2.05) is 12.3 Å². The molecule has 1 aromatic heterocycles. The minimum Gasteiger partial charge on any atom is -0.380 e. The van der Waals surface area contributed by atoms with Gasteiger partial charge in [0.25, 0.3) is 0 Å². The third kappa shape index (κ3) is 2.42. The monoisotopic (exact) mass is 319 g/mol. The van der Waals surface area contributed by atoms with Crippen LogP contribution in [0.5, 0.6) is 0 Å². The van der Waals surface area contributed by atoms with Gasteiger partial charge >= 0.3 is 0 Å². The van der Waals surface area contributed by atoms with Crippen molar-refractivity contribution in [1.29, 1.82) is 0 Å². The Bertz CT molecular complexity index is 457. The third-order valence-corrected chi connectivity index (χ3v) is 4.08. The van der Waals surface area contributed by atoms with Gasteiger partial charge in [-0.1, -0.05) is 15.0 Å². The second-order valence-corrected chi connectivity index (χ2v) is 5.05. The first-order valence-corrected chi connectivity index (χ1v) is 5.92. The molecule has 0 N–H and O–H groups in total. The van der Waals surface area contributed by atoms with Gasteiger partial charge in [0.15, 0.2) is 0 Å². The topological polar surface area (TPSA) is 19.4 Å². The molecular weight excluding hydrogens is 306 g/mol. The van der Waals surface area contributed by atoms with Crippen LogP contribution in [0, 0.1) is 18.5 Å². The molecule has 5 heteroatoms. The van der Waals surface area contributed by atoms with Crippen LogP contribution < -0.4 is 4.90 Å². The molecule has 3 heterocycles. The minimum absolute atomic E-state index is 0. The molecule has 17 heavy (non-hydrogen) atoms. The number of terminal acetylenes is 1. The predicted molar refractivity (Wildman–Crippen MR) is 67.0 cm³/mol. The summed E-state index contributed by atoms with van der Waals surface area (Å²) < 4.78 is 2.35. The number of piperazine rings is 1. The standard InChI is InChI=1S/C12H13N3P.Y/c1-2-9-3-10(6-13-5-9)14-7-12-4-11(14)8-15(12)16;/h1,3,6,11-12H,4,7-8,16H2;/q-1;. The van der Waals surface area contributed by atoms with Gasteiger partial charge in [0.2, 0.25) is 0 Å². The molecule has 0 aromatic carbocycles. The molecule has 85 valence electrons. The summed E-state index contributed by atoms with van der Waals surface area (Å²) in [7, 11) is 2.81.